The maximum Gasteiger partial charge on any atom is 0.315 e. The topological polar surface area (TPSA) is 86.2 Å². The highest BCUT2D eigenvalue weighted by atomic mass is 16.5. The van der Waals surface area contributed by atoms with Crippen LogP contribution in [0.5, 0.6) is 0 Å². The highest BCUT2D eigenvalue weighted by molar-refractivity contribution is 5.16. The molecular weight excluding hydrogens is 184 g/mol. The van der Waals surface area contributed by atoms with E-state index in [0.717, 1.165) is 13.0 Å². The number of nitrogens with two attached hydrogens (primary N) is 1. The van der Waals surface area contributed by atoms with E-state index in [0.29, 0.717) is 18.5 Å². The maximum atomic E-state index is 5.56. The molecule has 0 aliphatic carbocycles. The monoisotopic (exact) mass is 200 g/mol. The lowest BCUT2D eigenvalue weighted by molar-refractivity contribution is 0.197. The third-order valence-corrected chi connectivity index (χ3v) is 1.63. The Morgan fingerprint density at radius 3 is 2.93 bits per heavy atom. The molecule has 1 aromatic rings. The third-order valence-electron chi connectivity index (χ3n) is 1.63. The summed E-state index contributed by atoms with van der Waals surface area (Å²) in [6, 6.07) is 0.186. The predicted molar refractivity (Wildman–Crippen MR) is 51.9 cm³/mol. The fourth-order valence-electron chi connectivity index (χ4n) is 0.902. The molecule has 0 aliphatic heterocycles. The van der Waals surface area contributed by atoms with E-state index in [2.05, 4.69) is 15.5 Å². The van der Waals surface area contributed by atoms with Crippen LogP contribution in [0.2, 0.25) is 0 Å². The molecule has 0 aliphatic rings. The molecule has 0 spiro atoms. The van der Waals surface area contributed by atoms with Crippen molar-refractivity contribution in [2.24, 2.45) is 5.73 Å². The molecule has 6 heteroatoms. The Kier molecular flexibility index (Phi) is 4.34. The summed E-state index contributed by atoms with van der Waals surface area (Å²) in [5.74, 6) is 0.444. The zero-order valence-electron chi connectivity index (χ0n) is 8.49. The zero-order chi connectivity index (χ0) is 10.4. The Hall–Kier alpha value is -1.14. The quantitative estimate of drug-likeness (QED) is 0.652. The van der Waals surface area contributed by atoms with Crippen molar-refractivity contribution in [2.75, 3.05) is 25.6 Å². The second-order valence-corrected chi connectivity index (χ2v) is 3.01. The molecule has 0 amide bonds. The largest absolute Gasteiger partial charge is 0.406 e. The van der Waals surface area contributed by atoms with Crippen LogP contribution in [0.15, 0.2) is 4.42 Å². The molecule has 14 heavy (non-hydrogen) atoms. The fraction of sp³-hybridized carbons (Fsp3) is 0.750. The number of hydrogen-bond acceptors (Lipinski definition) is 6. The van der Waals surface area contributed by atoms with Crippen LogP contribution >= 0.6 is 0 Å². The lowest BCUT2D eigenvalue weighted by atomic mass is 10.4. The van der Waals surface area contributed by atoms with E-state index in [-0.39, 0.29) is 6.04 Å². The summed E-state index contributed by atoms with van der Waals surface area (Å²) in [5, 5.41) is 10.5. The van der Waals surface area contributed by atoms with Gasteiger partial charge in [-0.15, -0.1) is 5.10 Å². The first kappa shape index (κ1) is 10.9. The maximum absolute atomic E-state index is 5.56. The lowest BCUT2D eigenvalue weighted by Crippen LogP contribution is -2.05. The normalized spacial score (nSPS) is 12.8. The Labute approximate surface area is 82.8 Å². The third kappa shape index (κ3) is 3.31. The van der Waals surface area contributed by atoms with Crippen LogP contribution in [0.1, 0.15) is 25.3 Å². The summed E-state index contributed by atoms with van der Waals surface area (Å²) in [6.07, 6.45) is 0.895. The molecule has 0 saturated heterocycles. The van der Waals surface area contributed by atoms with Crippen LogP contribution in [0.4, 0.5) is 6.01 Å². The highest BCUT2D eigenvalue weighted by Gasteiger charge is 2.08. The standard InChI is InChI=1S/C8H16N4O2/c1-6(9)7-11-12-8(14-7)10-4-3-5-13-2/h6H,3-5,9H2,1-2H3,(H,10,12). The fourth-order valence-corrected chi connectivity index (χ4v) is 0.902. The highest BCUT2D eigenvalue weighted by Crippen LogP contribution is 2.10. The van der Waals surface area contributed by atoms with Gasteiger partial charge in [0.25, 0.3) is 0 Å². The second-order valence-electron chi connectivity index (χ2n) is 3.01. The van der Waals surface area contributed by atoms with E-state index in [1.807, 2.05) is 0 Å². The van der Waals surface area contributed by atoms with E-state index < -0.39 is 0 Å². The van der Waals surface area contributed by atoms with E-state index in [4.69, 9.17) is 14.9 Å². The first-order valence-corrected chi connectivity index (χ1v) is 4.56. The Bertz CT molecular complexity index is 262. The van der Waals surface area contributed by atoms with Gasteiger partial charge >= 0.3 is 6.01 Å². The predicted octanol–water partition coefficient (Wildman–Crippen LogP) is 0.538. The van der Waals surface area contributed by atoms with Gasteiger partial charge in [0, 0.05) is 20.3 Å². The van der Waals surface area contributed by atoms with Crippen LogP contribution in [0.3, 0.4) is 0 Å². The summed E-state index contributed by atoms with van der Waals surface area (Å²) in [7, 11) is 1.67. The molecule has 1 unspecified atom stereocenters. The van der Waals surface area contributed by atoms with Crippen LogP contribution < -0.4 is 11.1 Å². The number of hydrogen-bond donors (Lipinski definition) is 2. The van der Waals surface area contributed by atoms with Gasteiger partial charge in [-0.2, -0.15) is 0 Å². The number of methoxy groups -OCH3 is 1. The molecule has 0 radical (unpaired) electrons. The molecule has 1 heterocycles. The van der Waals surface area contributed by atoms with Crippen molar-refractivity contribution in [2.45, 2.75) is 19.4 Å². The van der Waals surface area contributed by atoms with Gasteiger partial charge < -0.3 is 20.2 Å². The summed E-state index contributed by atoms with van der Waals surface area (Å²) in [4.78, 5) is 0. The van der Waals surface area contributed by atoms with Gasteiger partial charge in [-0.3, -0.25) is 0 Å². The van der Waals surface area contributed by atoms with Crippen LogP contribution in [-0.4, -0.2) is 30.5 Å². The lowest BCUT2D eigenvalue weighted by Gasteiger charge is -2.00. The second kappa shape index (κ2) is 5.56. The molecule has 6 nitrogen and oxygen atoms in total. The summed E-state index contributed by atoms with van der Waals surface area (Å²) in [6.45, 7) is 3.25. The van der Waals surface area contributed by atoms with Crippen molar-refractivity contribution in [1.82, 2.24) is 10.2 Å². The number of anilines is 1. The Morgan fingerprint density at radius 2 is 2.36 bits per heavy atom. The molecular formula is C8H16N4O2. The van der Waals surface area contributed by atoms with E-state index in [9.17, 15) is 0 Å². The number of rotatable bonds is 6. The minimum absolute atomic E-state index is 0.225. The van der Waals surface area contributed by atoms with E-state index in [1.165, 1.54) is 0 Å². The van der Waals surface area contributed by atoms with Crippen molar-refractivity contribution >= 4 is 6.01 Å². The van der Waals surface area contributed by atoms with Crippen molar-refractivity contribution in [1.29, 1.82) is 0 Å². The van der Waals surface area contributed by atoms with E-state index >= 15 is 0 Å². The molecule has 0 saturated carbocycles. The SMILES string of the molecule is COCCCNc1nnc(C(C)N)o1. The van der Waals surface area contributed by atoms with Gasteiger partial charge in [0.2, 0.25) is 5.89 Å². The van der Waals surface area contributed by atoms with Crippen LogP contribution in [0, 0.1) is 0 Å². The summed E-state index contributed by atoms with van der Waals surface area (Å²) < 4.78 is 10.1. The molecule has 0 aromatic carbocycles. The number of nitrogens with zero attached hydrogens (tertiary/aromatic N) is 2. The van der Waals surface area contributed by atoms with E-state index in [1.54, 1.807) is 14.0 Å². The number of ether oxygens (including phenoxy) is 1. The zero-order valence-corrected chi connectivity index (χ0v) is 8.49. The van der Waals surface area contributed by atoms with Gasteiger partial charge in [-0.25, -0.2) is 0 Å². The molecule has 0 fully saturated rings. The minimum Gasteiger partial charge on any atom is -0.406 e. The molecule has 1 rings (SSSR count). The van der Waals surface area contributed by atoms with Crippen molar-refractivity contribution < 1.29 is 9.15 Å². The van der Waals surface area contributed by atoms with Crippen LogP contribution in [-0.2, 0) is 4.74 Å². The number of nitrogens with one attached hydrogen (secondary N) is 1. The van der Waals surface area contributed by atoms with Crippen molar-refractivity contribution in [3.8, 4) is 0 Å². The molecule has 0 bridgehead atoms. The summed E-state index contributed by atoms with van der Waals surface area (Å²) >= 11 is 0. The van der Waals surface area contributed by atoms with Gasteiger partial charge in [-0.1, -0.05) is 5.10 Å². The first-order valence-electron chi connectivity index (χ1n) is 4.56. The van der Waals surface area contributed by atoms with Gasteiger partial charge in [-0.05, 0) is 13.3 Å². The Balaban J connectivity index is 2.29. The van der Waals surface area contributed by atoms with Gasteiger partial charge in [0.1, 0.15) is 0 Å². The van der Waals surface area contributed by atoms with Crippen molar-refractivity contribution in [3.05, 3.63) is 5.89 Å². The van der Waals surface area contributed by atoms with Crippen LogP contribution in [0.25, 0.3) is 0 Å². The van der Waals surface area contributed by atoms with Gasteiger partial charge in [0.15, 0.2) is 0 Å². The Morgan fingerprint density at radius 1 is 1.57 bits per heavy atom. The molecule has 1 aromatic heterocycles. The van der Waals surface area contributed by atoms with Gasteiger partial charge in [0.05, 0.1) is 6.04 Å². The average Bonchev–Trinajstić information content (AvgIpc) is 2.61. The molecule has 80 valence electrons. The molecule has 1 atom stereocenters. The first-order chi connectivity index (χ1) is 6.74. The van der Waals surface area contributed by atoms with Crippen molar-refractivity contribution in [3.63, 3.8) is 0 Å². The summed E-state index contributed by atoms with van der Waals surface area (Å²) in [5.41, 5.74) is 5.56. The smallest absolute Gasteiger partial charge is 0.315 e. The average molecular weight is 200 g/mol. The number of aromatic nitrogens is 2. The molecule has 3 N–H and O–H groups in total. The minimum atomic E-state index is -0.225.